The van der Waals surface area contributed by atoms with Gasteiger partial charge >= 0.3 is 0 Å². The van der Waals surface area contributed by atoms with E-state index in [0.29, 0.717) is 37.9 Å². The number of carbonyl (C=O) groups excluding carboxylic acids is 11. The molecule has 2 rings (SSSR count). The van der Waals surface area contributed by atoms with Gasteiger partial charge in [0.05, 0.1) is 6.61 Å². The number of aliphatic hydroxyl groups is 1. The molecule has 10 amide bonds. The summed E-state index contributed by atoms with van der Waals surface area (Å²) in [6.07, 6.45) is 2.33. The predicted octanol–water partition coefficient (Wildman–Crippen LogP) is -2.83. The van der Waals surface area contributed by atoms with Crippen LogP contribution in [0.2, 0.25) is 0 Å². The molecule has 1 saturated heterocycles. The van der Waals surface area contributed by atoms with Gasteiger partial charge in [0.15, 0.2) is 17.8 Å². The number of pyridine rings is 1. The van der Waals surface area contributed by atoms with Gasteiger partial charge in [0.1, 0.15) is 42.3 Å². The molecule has 15 N–H and O–H groups in total. The number of ketones is 1. The molecule has 1 unspecified atom stereocenters. The van der Waals surface area contributed by atoms with E-state index in [-0.39, 0.29) is 49.8 Å². The molecule has 0 saturated carbocycles. The van der Waals surface area contributed by atoms with E-state index in [1.54, 1.807) is 61.5 Å². The lowest BCUT2D eigenvalue weighted by molar-refractivity contribution is -0.142. The maximum absolute atomic E-state index is 14.2. The Morgan fingerprint density at radius 1 is 0.720 bits per heavy atom. The number of aromatic nitrogens is 1. The molecule has 0 aliphatic carbocycles. The Kier molecular flexibility index (Phi) is 26.8. The first-order valence-electron chi connectivity index (χ1n) is 25.4. The fraction of sp³-hybridized carbons (Fsp3) is 0.653. The highest BCUT2D eigenvalue weighted by molar-refractivity contribution is 6.15. The average Bonchev–Trinajstić information content (AvgIpc) is 3.86. The van der Waals surface area contributed by atoms with Crippen molar-refractivity contribution >= 4 is 70.8 Å². The number of nitrogens with two attached hydrogens (primary N) is 3. The molecule has 1 aromatic rings. The van der Waals surface area contributed by atoms with Crippen LogP contribution in [0.15, 0.2) is 23.3 Å². The third kappa shape index (κ3) is 20.2. The number of Topliss-reactive ketones (excluding diaryl/α,β-unsaturated/α-hetero) is 1. The summed E-state index contributed by atoms with van der Waals surface area (Å²) in [4.78, 5) is 158. The zero-order valence-electron chi connectivity index (χ0n) is 44.6. The second-order valence-electron chi connectivity index (χ2n) is 19.1. The van der Waals surface area contributed by atoms with Crippen LogP contribution in [-0.4, -0.2) is 160 Å². The number of aryl methyl sites for hydroxylation is 1. The Bertz CT molecular complexity index is 2210. The molecule has 75 heavy (non-hydrogen) atoms. The van der Waals surface area contributed by atoms with Crippen LogP contribution in [-0.2, 0) is 47.9 Å². The van der Waals surface area contributed by atoms with Crippen molar-refractivity contribution in [3.05, 3.63) is 29.6 Å². The molecule has 2 heterocycles. The third-order valence-corrected chi connectivity index (χ3v) is 12.8. The Morgan fingerprint density at radius 2 is 1.27 bits per heavy atom. The van der Waals surface area contributed by atoms with Crippen LogP contribution in [0.1, 0.15) is 123 Å². The zero-order chi connectivity index (χ0) is 56.7. The molecule has 0 aromatic carbocycles. The van der Waals surface area contributed by atoms with Gasteiger partial charge in [-0.05, 0) is 75.8 Å². The first-order valence-corrected chi connectivity index (χ1v) is 25.4. The molecule has 1 aromatic heterocycles. The summed E-state index contributed by atoms with van der Waals surface area (Å²) in [7, 11) is 0. The lowest BCUT2D eigenvalue weighted by Gasteiger charge is -2.31. The van der Waals surface area contributed by atoms with Crippen molar-refractivity contribution in [1.29, 1.82) is 0 Å². The molecule has 0 spiro atoms. The van der Waals surface area contributed by atoms with Gasteiger partial charge in [0, 0.05) is 50.4 Å². The summed E-state index contributed by atoms with van der Waals surface area (Å²) in [5, 5.41) is 30.8. The summed E-state index contributed by atoms with van der Waals surface area (Å²) in [5.41, 5.74) is 17.0. The number of likely N-dealkylation sites (tertiary alicyclic amines) is 1. The van der Waals surface area contributed by atoms with Crippen molar-refractivity contribution in [2.45, 2.75) is 162 Å². The number of amides is 10. The number of guanidine groups is 1. The number of nitrogens with one attached hydrogen (secondary N) is 8. The van der Waals surface area contributed by atoms with Crippen LogP contribution in [0.3, 0.4) is 0 Å². The number of rotatable bonds is 31. The van der Waals surface area contributed by atoms with Gasteiger partial charge in [0.2, 0.25) is 53.2 Å². The molecule has 10 atom stereocenters. The van der Waals surface area contributed by atoms with Crippen molar-refractivity contribution in [3.63, 3.8) is 0 Å². The van der Waals surface area contributed by atoms with E-state index in [2.05, 4.69) is 52.5 Å². The second kappa shape index (κ2) is 31.5. The fourth-order valence-electron chi connectivity index (χ4n) is 8.01. The number of hydrogen-bond donors (Lipinski definition) is 12. The van der Waals surface area contributed by atoms with Crippen molar-refractivity contribution in [1.82, 2.24) is 52.4 Å². The predicted molar refractivity (Wildman–Crippen MR) is 275 cm³/mol. The van der Waals surface area contributed by atoms with Crippen molar-refractivity contribution < 1.29 is 57.8 Å². The minimum Gasteiger partial charge on any atom is -0.394 e. The van der Waals surface area contributed by atoms with Crippen molar-refractivity contribution in [2.24, 2.45) is 39.9 Å². The van der Waals surface area contributed by atoms with Crippen LogP contribution in [0.25, 0.3) is 0 Å². The molecule has 26 nitrogen and oxygen atoms in total. The lowest BCUT2D eigenvalue weighted by Crippen LogP contribution is -2.62. The van der Waals surface area contributed by atoms with Gasteiger partial charge in [-0.3, -0.25) is 62.7 Å². The van der Waals surface area contributed by atoms with Gasteiger partial charge in [-0.25, -0.2) is 0 Å². The number of hydrogen-bond acceptors (Lipinski definition) is 14. The molecule has 0 bridgehead atoms. The van der Waals surface area contributed by atoms with E-state index in [4.69, 9.17) is 17.2 Å². The maximum Gasteiger partial charge on any atom is 0.251 e. The zero-order valence-corrected chi connectivity index (χ0v) is 44.6. The highest BCUT2D eigenvalue weighted by atomic mass is 16.3. The van der Waals surface area contributed by atoms with E-state index < -0.39 is 138 Å². The van der Waals surface area contributed by atoms with Gasteiger partial charge in [-0.2, -0.15) is 0 Å². The van der Waals surface area contributed by atoms with E-state index in [1.165, 1.54) is 17.2 Å². The first kappa shape index (κ1) is 63.9. The Hall–Kier alpha value is -7.25. The Balaban J connectivity index is 2.37. The molecule has 418 valence electrons. The number of likely N-dealkylation sites (N-methyl/N-ethyl adjacent to an activating group) is 1. The normalized spacial score (nSPS) is 16.7. The van der Waals surface area contributed by atoms with Gasteiger partial charge in [-0.1, -0.05) is 54.4 Å². The van der Waals surface area contributed by atoms with Gasteiger partial charge in [-0.15, -0.1) is 0 Å². The SMILES string of the molecule is CCNC(=O)[C@@H]1CCCN1C(=O)[C@H](CCCN=C(N)N)NC(=O)[C@@H](NC(=O)[C@H](CCC(N)=O)NC(=O)[C@H](CO)NC(=O)[C@H](NC(=O)[C@@H](NC(=O)C(NC(C)=O)C(=O)c1ccc(C)nc1)C(C)C)[C@H](C)CC)[C@@H](C)CC. The minimum atomic E-state index is -1.75. The number of aliphatic hydroxyl groups excluding tert-OH is 1. The van der Waals surface area contributed by atoms with Gasteiger partial charge in [0.25, 0.3) is 5.91 Å². The van der Waals surface area contributed by atoms with E-state index in [1.807, 2.05) is 0 Å². The summed E-state index contributed by atoms with van der Waals surface area (Å²) < 4.78 is 0. The monoisotopic (exact) mass is 1060 g/mol. The Labute approximate surface area is 437 Å². The summed E-state index contributed by atoms with van der Waals surface area (Å²) >= 11 is 0. The number of carbonyl (C=O) groups is 11. The largest absolute Gasteiger partial charge is 0.394 e. The number of nitrogens with zero attached hydrogens (tertiary/aromatic N) is 3. The summed E-state index contributed by atoms with van der Waals surface area (Å²) in [6.45, 7) is 14.2. The van der Waals surface area contributed by atoms with Crippen molar-refractivity contribution in [2.75, 3.05) is 26.2 Å². The molecular weight excluding hydrogens is 977 g/mol. The number of primary amides is 1. The van der Waals surface area contributed by atoms with Gasteiger partial charge < -0.3 is 69.7 Å². The van der Waals surface area contributed by atoms with Crippen LogP contribution >= 0.6 is 0 Å². The van der Waals surface area contributed by atoms with E-state index >= 15 is 0 Å². The van der Waals surface area contributed by atoms with Crippen molar-refractivity contribution in [3.8, 4) is 0 Å². The molecule has 1 fully saturated rings. The smallest absolute Gasteiger partial charge is 0.251 e. The van der Waals surface area contributed by atoms with Crippen LogP contribution in [0.5, 0.6) is 0 Å². The van der Waals surface area contributed by atoms with Crippen LogP contribution in [0.4, 0.5) is 0 Å². The second-order valence-corrected chi connectivity index (χ2v) is 19.1. The molecule has 1 aliphatic heterocycles. The third-order valence-electron chi connectivity index (χ3n) is 12.8. The standard InChI is InChI=1S/C49H80N14O12/c1-10-26(6)37(45(72)58-32(15-13-21-54-49(51)52)48(75)63-22-14-16-34(63)43(70)53-12-3)61-41(68)31(19-20-35(50)66)57-42(69)33(24-64)59-46(73)38(27(7)11-2)62-44(71)36(25(4)5)60-47(74)39(56-29(9)65)40(67)30-18-17-28(8)55-23-30/h17-18,23,25-27,31-34,36-39,64H,10-16,19-22,24H2,1-9H3,(H2,50,66)(H,53,70)(H,56,65)(H,57,69)(H,58,72)(H,59,73)(H,60,74)(H,61,68)(H,62,71)(H4,51,52,54)/t26-,27+,31-,32-,33-,34-,36-,37-,38+,39?/m0/s1. The van der Waals surface area contributed by atoms with Crippen LogP contribution < -0.4 is 59.7 Å². The quantitative estimate of drug-likeness (QED) is 0.0117. The average molecular weight is 1060 g/mol. The van der Waals surface area contributed by atoms with E-state index in [0.717, 1.165) is 6.92 Å². The minimum absolute atomic E-state index is 0.0216. The number of aliphatic imine (C=N–C) groups is 1. The lowest BCUT2D eigenvalue weighted by atomic mass is 9.95. The fourth-order valence-corrected chi connectivity index (χ4v) is 8.01. The molecule has 0 radical (unpaired) electrons. The summed E-state index contributed by atoms with van der Waals surface area (Å²) in [6, 6.07) is -8.11. The first-order chi connectivity index (χ1) is 35.3. The van der Waals surface area contributed by atoms with Crippen LogP contribution in [0, 0.1) is 24.7 Å². The molecular formula is C49H80N14O12. The van der Waals surface area contributed by atoms with E-state index in [9.17, 15) is 57.8 Å². The maximum atomic E-state index is 14.2. The Morgan fingerprint density at radius 3 is 1.77 bits per heavy atom. The summed E-state index contributed by atoms with van der Waals surface area (Å²) in [5.74, 6) is -10.9. The highest BCUT2D eigenvalue weighted by Crippen LogP contribution is 2.21. The molecule has 26 heteroatoms. The topological polar surface area (TPSA) is 411 Å². The highest BCUT2D eigenvalue weighted by Gasteiger charge is 2.40. The molecule has 1 aliphatic rings.